The van der Waals surface area contributed by atoms with Gasteiger partial charge in [0.1, 0.15) is 5.82 Å². The van der Waals surface area contributed by atoms with E-state index in [1.54, 1.807) is 0 Å². The van der Waals surface area contributed by atoms with Crippen LogP contribution in [-0.2, 0) is 6.42 Å². The molecule has 2 aromatic rings. The van der Waals surface area contributed by atoms with Crippen molar-refractivity contribution < 1.29 is 0 Å². The zero-order valence-electron chi connectivity index (χ0n) is 8.62. The summed E-state index contributed by atoms with van der Waals surface area (Å²) < 4.78 is 2.14. The molecular formula is C11H15N3. The molecular weight excluding hydrogens is 174 g/mol. The van der Waals surface area contributed by atoms with Crippen molar-refractivity contribution in [3.05, 3.63) is 35.4 Å². The number of hydrogen-bond donors (Lipinski definition) is 1. The molecule has 0 amide bonds. The van der Waals surface area contributed by atoms with Crippen LogP contribution in [0.3, 0.4) is 0 Å². The van der Waals surface area contributed by atoms with Crippen molar-refractivity contribution in [1.82, 2.24) is 9.38 Å². The summed E-state index contributed by atoms with van der Waals surface area (Å²) in [5.74, 6) is 1.06. The predicted molar refractivity (Wildman–Crippen MR) is 57.4 cm³/mol. The van der Waals surface area contributed by atoms with Crippen LogP contribution in [0.2, 0.25) is 0 Å². The van der Waals surface area contributed by atoms with Gasteiger partial charge >= 0.3 is 0 Å². The van der Waals surface area contributed by atoms with Crippen LogP contribution in [0.25, 0.3) is 5.52 Å². The molecule has 0 atom stereocenters. The fraction of sp³-hybridized carbons (Fsp3) is 0.364. The average molecular weight is 189 g/mol. The first-order chi connectivity index (χ1) is 6.72. The molecule has 0 aliphatic carbocycles. The summed E-state index contributed by atoms with van der Waals surface area (Å²) in [6, 6.07) is 4.22. The molecule has 74 valence electrons. The number of fused-ring (bicyclic) bond motifs is 1. The molecule has 0 aliphatic heterocycles. The van der Waals surface area contributed by atoms with Gasteiger partial charge in [0.25, 0.3) is 0 Å². The van der Waals surface area contributed by atoms with Crippen LogP contribution >= 0.6 is 0 Å². The summed E-state index contributed by atoms with van der Waals surface area (Å²) in [4.78, 5) is 4.50. The van der Waals surface area contributed by atoms with Gasteiger partial charge in [0.2, 0.25) is 0 Å². The Balaban J connectivity index is 2.66. The fourth-order valence-electron chi connectivity index (χ4n) is 1.73. The topological polar surface area (TPSA) is 43.3 Å². The van der Waals surface area contributed by atoms with E-state index >= 15 is 0 Å². The van der Waals surface area contributed by atoms with E-state index in [9.17, 15) is 0 Å². The lowest BCUT2D eigenvalue weighted by molar-refractivity contribution is 0.858. The zero-order chi connectivity index (χ0) is 10.1. The summed E-state index contributed by atoms with van der Waals surface area (Å²) in [5.41, 5.74) is 9.05. The quantitative estimate of drug-likeness (QED) is 0.777. The second-order valence-corrected chi connectivity index (χ2v) is 3.61. The van der Waals surface area contributed by atoms with Crippen LogP contribution < -0.4 is 5.73 Å². The summed E-state index contributed by atoms with van der Waals surface area (Å²) in [7, 11) is 0. The Bertz CT molecular complexity index is 457. The zero-order valence-corrected chi connectivity index (χ0v) is 8.62. The van der Waals surface area contributed by atoms with Gasteiger partial charge in [-0.05, 0) is 32.0 Å². The SMILES string of the molecule is Cc1ccc2c(C)nc(CCN)n2c1. The highest BCUT2D eigenvalue weighted by Crippen LogP contribution is 2.13. The minimum atomic E-state index is 0.645. The van der Waals surface area contributed by atoms with Crippen LogP contribution in [-0.4, -0.2) is 15.9 Å². The van der Waals surface area contributed by atoms with Crippen LogP contribution in [0.1, 0.15) is 17.1 Å². The molecule has 0 spiro atoms. The standard InChI is InChI=1S/C11H15N3/c1-8-3-4-10-9(2)13-11(5-6-12)14(10)7-8/h3-4,7H,5-6,12H2,1-2H3. The molecule has 0 saturated carbocycles. The van der Waals surface area contributed by atoms with Crippen molar-refractivity contribution in [3.8, 4) is 0 Å². The minimum absolute atomic E-state index is 0.645. The summed E-state index contributed by atoms with van der Waals surface area (Å²) in [6.45, 7) is 4.76. The number of nitrogens with two attached hydrogens (primary N) is 1. The fourth-order valence-corrected chi connectivity index (χ4v) is 1.73. The van der Waals surface area contributed by atoms with Crippen LogP contribution in [0.5, 0.6) is 0 Å². The number of imidazole rings is 1. The van der Waals surface area contributed by atoms with Gasteiger partial charge in [-0.1, -0.05) is 6.07 Å². The average Bonchev–Trinajstić information content (AvgIpc) is 2.44. The maximum atomic E-state index is 5.55. The second-order valence-electron chi connectivity index (χ2n) is 3.61. The van der Waals surface area contributed by atoms with Crippen molar-refractivity contribution in [1.29, 1.82) is 0 Å². The Labute approximate surface area is 83.6 Å². The van der Waals surface area contributed by atoms with Crippen LogP contribution in [0.4, 0.5) is 0 Å². The normalized spacial score (nSPS) is 11.1. The van der Waals surface area contributed by atoms with E-state index in [-0.39, 0.29) is 0 Å². The summed E-state index contributed by atoms with van der Waals surface area (Å²) in [5, 5.41) is 0. The Kier molecular flexibility index (Phi) is 2.25. The smallest absolute Gasteiger partial charge is 0.114 e. The van der Waals surface area contributed by atoms with E-state index in [0.717, 1.165) is 17.9 Å². The number of aryl methyl sites for hydroxylation is 2. The summed E-state index contributed by atoms with van der Waals surface area (Å²) in [6.07, 6.45) is 2.94. The lowest BCUT2D eigenvalue weighted by atomic mass is 10.3. The molecule has 2 aromatic heterocycles. The van der Waals surface area contributed by atoms with Crippen molar-refractivity contribution in [2.24, 2.45) is 5.73 Å². The van der Waals surface area contributed by atoms with Crippen molar-refractivity contribution in [3.63, 3.8) is 0 Å². The van der Waals surface area contributed by atoms with Gasteiger partial charge in [-0.15, -0.1) is 0 Å². The molecule has 0 aromatic carbocycles. The molecule has 3 heteroatoms. The summed E-state index contributed by atoms with van der Waals surface area (Å²) >= 11 is 0. The first-order valence-electron chi connectivity index (χ1n) is 4.86. The van der Waals surface area contributed by atoms with Crippen molar-refractivity contribution in [2.45, 2.75) is 20.3 Å². The minimum Gasteiger partial charge on any atom is -0.330 e. The molecule has 0 saturated heterocycles. The molecule has 0 bridgehead atoms. The Morgan fingerprint density at radius 3 is 2.86 bits per heavy atom. The lowest BCUT2D eigenvalue weighted by Gasteiger charge is -2.00. The van der Waals surface area contributed by atoms with Gasteiger partial charge in [-0.3, -0.25) is 0 Å². The van der Waals surface area contributed by atoms with Crippen LogP contribution in [0.15, 0.2) is 18.3 Å². The molecule has 2 N–H and O–H groups in total. The van der Waals surface area contributed by atoms with Gasteiger partial charge in [0.15, 0.2) is 0 Å². The highest BCUT2D eigenvalue weighted by molar-refractivity contribution is 5.53. The van der Waals surface area contributed by atoms with E-state index in [0.29, 0.717) is 6.54 Å². The van der Waals surface area contributed by atoms with E-state index in [4.69, 9.17) is 5.73 Å². The second kappa shape index (κ2) is 3.42. The van der Waals surface area contributed by atoms with Gasteiger partial charge < -0.3 is 10.1 Å². The lowest BCUT2D eigenvalue weighted by Crippen LogP contribution is -2.06. The largest absolute Gasteiger partial charge is 0.330 e. The molecule has 0 fully saturated rings. The van der Waals surface area contributed by atoms with Gasteiger partial charge in [-0.2, -0.15) is 0 Å². The maximum absolute atomic E-state index is 5.55. The highest BCUT2D eigenvalue weighted by Gasteiger charge is 2.06. The maximum Gasteiger partial charge on any atom is 0.114 e. The third kappa shape index (κ3) is 1.40. The third-order valence-electron chi connectivity index (χ3n) is 2.41. The molecule has 3 nitrogen and oxygen atoms in total. The van der Waals surface area contributed by atoms with Crippen molar-refractivity contribution in [2.75, 3.05) is 6.54 Å². The number of rotatable bonds is 2. The van der Waals surface area contributed by atoms with E-state index in [1.165, 1.54) is 11.1 Å². The predicted octanol–water partition coefficient (Wildman–Crippen LogP) is 1.45. The highest BCUT2D eigenvalue weighted by atomic mass is 15.0. The molecule has 0 radical (unpaired) electrons. The molecule has 2 heterocycles. The first kappa shape index (κ1) is 9.21. The number of hydrogen-bond acceptors (Lipinski definition) is 2. The number of aromatic nitrogens is 2. The number of pyridine rings is 1. The van der Waals surface area contributed by atoms with E-state index in [1.807, 2.05) is 6.92 Å². The molecule has 0 aliphatic rings. The number of nitrogens with zero attached hydrogens (tertiary/aromatic N) is 2. The Hall–Kier alpha value is -1.35. The van der Waals surface area contributed by atoms with Gasteiger partial charge in [-0.25, -0.2) is 4.98 Å². The molecule has 14 heavy (non-hydrogen) atoms. The molecule has 2 rings (SSSR count). The molecule has 0 unspecified atom stereocenters. The Morgan fingerprint density at radius 1 is 1.36 bits per heavy atom. The van der Waals surface area contributed by atoms with Crippen LogP contribution in [0, 0.1) is 13.8 Å². The Morgan fingerprint density at radius 2 is 2.14 bits per heavy atom. The van der Waals surface area contributed by atoms with Gasteiger partial charge in [0.05, 0.1) is 11.2 Å². The first-order valence-corrected chi connectivity index (χ1v) is 4.86. The van der Waals surface area contributed by atoms with Crippen molar-refractivity contribution >= 4 is 5.52 Å². The third-order valence-corrected chi connectivity index (χ3v) is 2.41. The van der Waals surface area contributed by atoms with E-state index < -0.39 is 0 Å². The van der Waals surface area contributed by atoms with E-state index in [2.05, 4.69) is 34.6 Å². The van der Waals surface area contributed by atoms with Gasteiger partial charge in [0, 0.05) is 12.6 Å². The monoisotopic (exact) mass is 189 g/mol.